The zero-order chi connectivity index (χ0) is 7.56. The summed E-state index contributed by atoms with van der Waals surface area (Å²) in [4.78, 5) is 15.9. The van der Waals surface area contributed by atoms with E-state index in [1.54, 1.807) is 0 Å². The van der Waals surface area contributed by atoms with Gasteiger partial charge in [0, 0.05) is 6.54 Å². The van der Waals surface area contributed by atoms with Gasteiger partial charge in [-0.05, 0) is 6.42 Å². The van der Waals surface area contributed by atoms with Crippen LogP contribution in [0.4, 0.5) is 0 Å². The van der Waals surface area contributed by atoms with Gasteiger partial charge in [0.1, 0.15) is 6.04 Å². The minimum absolute atomic E-state index is 0.0955. The summed E-state index contributed by atoms with van der Waals surface area (Å²) in [5.41, 5.74) is 5.38. The van der Waals surface area contributed by atoms with Gasteiger partial charge in [0.2, 0.25) is 0 Å². The maximum absolute atomic E-state index is 11.0. The molecule has 0 aliphatic carbocycles. The molecule has 1 rings (SSSR count). The van der Waals surface area contributed by atoms with E-state index < -0.39 is 6.04 Å². The van der Waals surface area contributed by atoms with E-state index in [0.29, 0.717) is 13.2 Å². The van der Waals surface area contributed by atoms with Crippen molar-refractivity contribution in [1.29, 1.82) is 0 Å². The lowest BCUT2D eigenvalue weighted by atomic mass is 10.3. The molecule has 1 aliphatic heterocycles. The number of carbonyl (C=O) groups is 1. The van der Waals surface area contributed by atoms with Crippen LogP contribution in [0.2, 0.25) is 0 Å². The second kappa shape index (κ2) is 2.98. The molecule has 1 unspecified atom stereocenters. The van der Waals surface area contributed by atoms with Gasteiger partial charge < -0.3 is 5.73 Å². The first kappa shape index (κ1) is 7.50. The van der Waals surface area contributed by atoms with Crippen LogP contribution in [0.1, 0.15) is 13.3 Å². The van der Waals surface area contributed by atoms with Crippen LogP contribution in [0, 0.1) is 0 Å². The normalized spacial score (nSPS) is 26.0. The van der Waals surface area contributed by atoms with Crippen molar-refractivity contribution in [2.24, 2.45) is 5.73 Å². The zero-order valence-electron chi connectivity index (χ0n) is 6.04. The Morgan fingerprint density at radius 1 is 1.90 bits per heavy atom. The number of carbonyl (C=O) groups excluding carboxylic acids is 1. The molecular weight excluding hydrogens is 132 g/mol. The van der Waals surface area contributed by atoms with E-state index in [0.717, 1.165) is 6.42 Å². The lowest BCUT2D eigenvalue weighted by Crippen LogP contribution is -2.34. The van der Waals surface area contributed by atoms with Crippen LogP contribution in [0.3, 0.4) is 0 Å². The molecule has 0 aromatic carbocycles. The van der Waals surface area contributed by atoms with E-state index in [4.69, 9.17) is 10.6 Å². The molecule has 58 valence electrons. The van der Waals surface area contributed by atoms with Crippen molar-refractivity contribution in [1.82, 2.24) is 5.06 Å². The summed E-state index contributed by atoms with van der Waals surface area (Å²) in [5.74, 6) is -0.0955. The minimum Gasteiger partial charge on any atom is -0.318 e. The summed E-state index contributed by atoms with van der Waals surface area (Å²) in [6.07, 6.45) is 0.901. The SMILES string of the molecule is CCCN1OCC(N)C1=O. The number of hydrogen-bond acceptors (Lipinski definition) is 3. The van der Waals surface area contributed by atoms with Crippen LogP contribution >= 0.6 is 0 Å². The zero-order valence-corrected chi connectivity index (χ0v) is 6.04. The quantitative estimate of drug-likeness (QED) is 0.568. The second-order valence-corrected chi connectivity index (χ2v) is 2.34. The van der Waals surface area contributed by atoms with E-state index in [1.807, 2.05) is 6.92 Å². The number of amides is 1. The smallest absolute Gasteiger partial charge is 0.265 e. The Kier molecular flexibility index (Phi) is 2.24. The number of hydroxylamine groups is 2. The molecule has 1 aliphatic rings. The van der Waals surface area contributed by atoms with Crippen molar-refractivity contribution in [2.75, 3.05) is 13.2 Å². The molecule has 2 N–H and O–H groups in total. The molecule has 10 heavy (non-hydrogen) atoms. The van der Waals surface area contributed by atoms with Crippen LogP contribution < -0.4 is 5.73 Å². The van der Waals surface area contributed by atoms with E-state index in [-0.39, 0.29) is 5.91 Å². The van der Waals surface area contributed by atoms with Gasteiger partial charge in [-0.1, -0.05) is 6.92 Å². The Morgan fingerprint density at radius 3 is 3.00 bits per heavy atom. The van der Waals surface area contributed by atoms with Crippen LogP contribution in [0.5, 0.6) is 0 Å². The molecule has 4 nitrogen and oxygen atoms in total. The lowest BCUT2D eigenvalue weighted by molar-refractivity contribution is -0.161. The van der Waals surface area contributed by atoms with Crippen molar-refractivity contribution >= 4 is 5.91 Å². The Morgan fingerprint density at radius 2 is 2.60 bits per heavy atom. The van der Waals surface area contributed by atoms with Crippen LogP contribution in [-0.4, -0.2) is 30.2 Å². The fourth-order valence-electron chi connectivity index (χ4n) is 0.868. The molecule has 4 heteroatoms. The van der Waals surface area contributed by atoms with Crippen molar-refractivity contribution in [3.05, 3.63) is 0 Å². The minimum atomic E-state index is -0.438. The first-order chi connectivity index (χ1) is 4.75. The summed E-state index contributed by atoms with van der Waals surface area (Å²) < 4.78 is 0. The Hall–Kier alpha value is -0.610. The van der Waals surface area contributed by atoms with Gasteiger partial charge >= 0.3 is 0 Å². The van der Waals surface area contributed by atoms with Gasteiger partial charge in [-0.15, -0.1) is 0 Å². The molecule has 0 spiro atoms. The molecule has 0 aromatic heterocycles. The molecule has 1 heterocycles. The number of nitrogens with zero attached hydrogens (tertiary/aromatic N) is 1. The molecule has 1 atom stereocenters. The summed E-state index contributed by atoms with van der Waals surface area (Å²) >= 11 is 0. The third-order valence-corrected chi connectivity index (χ3v) is 1.40. The second-order valence-electron chi connectivity index (χ2n) is 2.34. The average molecular weight is 144 g/mol. The summed E-state index contributed by atoms with van der Waals surface area (Å²) in [6.45, 7) is 2.96. The largest absolute Gasteiger partial charge is 0.318 e. The van der Waals surface area contributed by atoms with Gasteiger partial charge in [-0.2, -0.15) is 0 Å². The predicted octanol–water partition coefficient (Wildman–Crippen LogP) is -0.502. The molecule has 1 fully saturated rings. The Labute approximate surface area is 59.9 Å². The maximum Gasteiger partial charge on any atom is 0.265 e. The summed E-state index contributed by atoms with van der Waals surface area (Å²) in [5, 5.41) is 1.34. The highest BCUT2D eigenvalue weighted by molar-refractivity contribution is 5.82. The van der Waals surface area contributed by atoms with Crippen molar-refractivity contribution in [2.45, 2.75) is 19.4 Å². The number of hydrogen-bond donors (Lipinski definition) is 1. The van der Waals surface area contributed by atoms with Gasteiger partial charge in [-0.25, -0.2) is 5.06 Å². The van der Waals surface area contributed by atoms with E-state index in [9.17, 15) is 4.79 Å². The Bertz CT molecular complexity index is 136. The van der Waals surface area contributed by atoms with E-state index in [2.05, 4.69) is 0 Å². The highest BCUT2D eigenvalue weighted by Gasteiger charge is 2.28. The lowest BCUT2D eigenvalue weighted by Gasteiger charge is -2.11. The van der Waals surface area contributed by atoms with E-state index >= 15 is 0 Å². The molecule has 1 amide bonds. The number of nitrogens with two attached hydrogens (primary N) is 1. The monoisotopic (exact) mass is 144 g/mol. The molecule has 0 radical (unpaired) electrons. The van der Waals surface area contributed by atoms with Crippen LogP contribution in [0.15, 0.2) is 0 Å². The number of rotatable bonds is 2. The Balaban J connectivity index is 2.41. The van der Waals surface area contributed by atoms with Crippen molar-refractivity contribution < 1.29 is 9.63 Å². The predicted molar refractivity (Wildman–Crippen MR) is 35.9 cm³/mol. The first-order valence-electron chi connectivity index (χ1n) is 3.45. The molecule has 1 saturated heterocycles. The standard InChI is InChI=1S/C6H12N2O2/c1-2-3-8-6(9)5(7)4-10-8/h5H,2-4,7H2,1H3. The van der Waals surface area contributed by atoms with Crippen LogP contribution in [0.25, 0.3) is 0 Å². The first-order valence-corrected chi connectivity index (χ1v) is 3.45. The highest BCUT2D eigenvalue weighted by Crippen LogP contribution is 2.05. The van der Waals surface area contributed by atoms with Gasteiger partial charge in [-0.3, -0.25) is 9.63 Å². The topological polar surface area (TPSA) is 55.6 Å². The van der Waals surface area contributed by atoms with Gasteiger partial charge in [0.15, 0.2) is 0 Å². The van der Waals surface area contributed by atoms with Crippen LogP contribution in [-0.2, 0) is 9.63 Å². The summed E-state index contributed by atoms with van der Waals surface area (Å²) in [7, 11) is 0. The fraction of sp³-hybridized carbons (Fsp3) is 0.833. The average Bonchev–Trinajstić information content (AvgIpc) is 2.20. The van der Waals surface area contributed by atoms with Gasteiger partial charge in [0.25, 0.3) is 5.91 Å². The van der Waals surface area contributed by atoms with Crippen molar-refractivity contribution in [3.8, 4) is 0 Å². The highest BCUT2D eigenvalue weighted by atomic mass is 16.7. The maximum atomic E-state index is 11.0. The molecular formula is C6H12N2O2. The van der Waals surface area contributed by atoms with Gasteiger partial charge in [0.05, 0.1) is 6.61 Å². The van der Waals surface area contributed by atoms with Crippen molar-refractivity contribution in [3.63, 3.8) is 0 Å². The molecule has 0 bridgehead atoms. The molecule has 0 saturated carbocycles. The van der Waals surface area contributed by atoms with E-state index in [1.165, 1.54) is 5.06 Å². The molecule has 0 aromatic rings. The fourth-order valence-corrected chi connectivity index (χ4v) is 0.868. The third kappa shape index (κ3) is 1.27. The summed E-state index contributed by atoms with van der Waals surface area (Å²) in [6, 6.07) is -0.438. The third-order valence-electron chi connectivity index (χ3n) is 1.40.